The standard InChI is InChI=1S/C23H20F3N5OS/c24-23(25,26)19-10-16(13-6-2-1-3-7-13)28-20-11-17(30-31(19)20)21(32)29-22-15(12-27)14-8-4-5-9-18(14)33-22/h1-3,6-7,11,16,19,28H,4-5,8-10H2,(H,29,32)/t16-,19+/m0/s1. The van der Waals surface area contributed by atoms with Gasteiger partial charge in [0.25, 0.3) is 5.91 Å². The zero-order valence-electron chi connectivity index (χ0n) is 17.4. The zero-order chi connectivity index (χ0) is 23.2. The fraction of sp³-hybridized carbons (Fsp3) is 0.348. The molecule has 2 atom stereocenters. The van der Waals surface area contributed by atoms with Gasteiger partial charge in [-0.25, -0.2) is 4.68 Å². The Morgan fingerprint density at radius 1 is 1.24 bits per heavy atom. The average Bonchev–Trinajstić information content (AvgIpc) is 3.39. The van der Waals surface area contributed by atoms with Crippen LogP contribution in [0, 0.1) is 11.3 Å². The van der Waals surface area contributed by atoms with Crippen LogP contribution in [0.5, 0.6) is 0 Å². The topological polar surface area (TPSA) is 82.7 Å². The lowest BCUT2D eigenvalue weighted by Gasteiger charge is -2.33. The van der Waals surface area contributed by atoms with Crippen LogP contribution in [0.1, 0.15) is 63.4 Å². The van der Waals surface area contributed by atoms with Crippen LogP contribution in [0.3, 0.4) is 0 Å². The third kappa shape index (κ3) is 3.97. The van der Waals surface area contributed by atoms with Crippen LogP contribution in [-0.2, 0) is 12.8 Å². The van der Waals surface area contributed by atoms with Gasteiger partial charge < -0.3 is 10.6 Å². The number of aromatic nitrogens is 2. The number of nitrogens with zero attached hydrogens (tertiary/aromatic N) is 3. The number of carbonyl (C=O) groups is 1. The number of rotatable bonds is 3. The number of alkyl halides is 3. The first-order valence-electron chi connectivity index (χ1n) is 10.7. The molecular weight excluding hydrogens is 451 g/mol. The van der Waals surface area contributed by atoms with E-state index in [2.05, 4.69) is 21.8 Å². The molecule has 10 heteroatoms. The van der Waals surface area contributed by atoms with Gasteiger partial charge in [0.2, 0.25) is 0 Å². The van der Waals surface area contributed by atoms with E-state index in [1.54, 1.807) is 30.3 Å². The summed E-state index contributed by atoms with van der Waals surface area (Å²) in [4.78, 5) is 14.0. The largest absolute Gasteiger partial charge is 0.410 e. The van der Waals surface area contributed by atoms with E-state index in [0.29, 0.717) is 10.6 Å². The molecule has 3 heterocycles. The monoisotopic (exact) mass is 471 g/mol. The zero-order valence-corrected chi connectivity index (χ0v) is 18.3. The molecule has 2 N–H and O–H groups in total. The molecular formula is C23H20F3N5OS. The molecule has 0 unspecified atom stereocenters. The van der Waals surface area contributed by atoms with Gasteiger partial charge in [0.15, 0.2) is 11.7 Å². The minimum Gasteiger partial charge on any atom is -0.363 e. The van der Waals surface area contributed by atoms with Crippen LogP contribution in [-0.4, -0.2) is 21.9 Å². The minimum absolute atomic E-state index is 0.129. The van der Waals surface area contributed by atoms with Crippen LogP contribution in [0.15, 0.2) is 36.4 Å². The highest BCUT2D eigenvalue weighted by molar-refractivity contribution is 7.16. The molecule has 1 aliphatic carbocycles. The van der Waals surface area contributed by atoms with E-state index in [1.165, 1.54) is 17.4 Å². The molecule has 0 bridgehead atoms. The average molecular weight is 472 g/mol. The Morgan fingerprint density at radius 2 is 2.00 bits per heavy atom. The first-order valence-corrected chi connectivity index (χ1v) is 11.5. The highest BCUT2D eigenvalue weighted by atomic mass is 32.1. The fourth-order valence-corrected chi connectivity index (χ4v) is 5.76. The van der Waals surface area contributed by atoms with Crippen molar-refractivity contribution in [3.63, 3.8) is 0 Å². The summed E-state index contributed by atoms with van der Waals surface area (Å²) in [5.41, 5.74) is 2.02. The molecule has 0 radical (unpaired) electrons. The lowest BCUT2D eigenvalue weighted by atomic mass is 9.96. The van der Waals surface area contributed by atoms with Gasteiger partial charge in [-0.1, -0.05) is 30.3 Å². The van der Waals surface area contributed by atoms with E-state index in [9.17, 15) is 23.2 Å². The second-order valence-corrected chi connectivity index (χ2v) is 9.35. The maximum Gasteiger partial charge on any atom is 0.410 e. The first kappa shape index (κ1) is 21.5. The quantitative estimate of drug-likeness (QED) is 0.520. The van der Waals surface area contributed by atoms with Crippen molar-refractivity contribution in [2.24, 2.45) is 0 Å². The summed E-state index contributed by atoms with van der Waals surface area (Å²) in [7, 11) is 0. The van der Waals surface area contributed by atoms with Gasteiger partial charge in [-0.15, -0.1) is 11.3 Å². The van der Waals surface area contributed by atoms with Gasteiger partial charge >= 0.3 is 6.18 Å². The molecule has 33 heavy (non-hydrogen) atoms. The van der Waals surface area contributed by atoms with Crippen LogP contribution < -0.4 is 10.6 Å². The number of hydrogen-bond donors (Lipinski definition) is 2. The van der Waals surface area contributed by atoms with Gasteiger partial charge in [-0.2, -0.15) is 23.5 Å². The first-order chi connectivity index (χ1) is 15.8. The van der Waals surface area contributed by atoms with E-state index in [4.69, 9.17) is 0 Å². The Labute approximate surface area is 192 Å². The Bertz CT molecular complexity index is 1240. The van der Waals surface area contributed by atoms with E-state index >= 15 is 0 Å². The highest BCUT2D eigenvalue weighted by Crippen LogP contribution is 2.44. The Balaban J connectivity index is 1.45. The smallest absolute Gasteiger partial charge is 0.363 e. The van der Waals surface area contributed by atoms with Crippen LogP contribution in [0.4, 0.5) is 24.0 Å². The number of nitrogens with one attached hydrogen (secondary N) is 2. The molecule has 2 aromatic heterocycles. The van der Waals surface area contributed by atoms with Crippen LogP contribution in [0.2, 0.25) is 0 Å². The molecule has 0 fully saturated rings. The van der Waals surface area contributed by atoms with E-state index in [1.807, 2.05) is 0 Å². The predicted octanol–water partition coefficient (Wildman–Crippen LogP) is 5.61. The molecule has 1 amide bonds. The molecule has 5 rings (SSSR count). The van der Waals surface area contributed by atoms with Crippen molar-refractivity contribution >= 4 is 28.1 Å². The number of carbonyl (C=O) groups excluding carboxylic acids is 1. The molecule has 170 valence electrons. The van der Waals surface area contributed by atoms with Crippen molar-refractivity contribution in [1.29, 1.82) is 5.26 Å². The SMILES string of the molecule is N#Cc1c(NC(=O)c2cc3n(n2)[C@@H](C(F)(F)F)C[C@@H](c2ccccc2)N3)sc2c1CCCC2. The predicted molar refractivity (Wildman–Crippen MR) is 118 cm³/mol. The maximum atomic E-state index is 13.9. The number of amides is 1. The third-order valence-corrected chi connectivity index (χ3v) is 7.34. The van der Waals surface area contributed by atoms with E-state index in [0.717, 1.165) is 46.4 Å². The second kappa shape index (κ2) is 8.23. The fourth-order valence-electron chi connectivity index (χ4n) is 4.53. The van der Waals surface area contributed by atoms with E-state index < -0.39 is 24.2 Å². The van der Waals surface area contributed by atoms with Gasteiger partial charge in [-0.3, -0.25) is 4.79 Å². The van der Waals surface area contributed by atoms with Gasteiger partial charge in [0.1, 0.15) is 16.9 Å². The number of anilines is 2. The van der Waals surface area contributed by atoms with Gasteiger partial charge in [0, 0.05) is 17.4 Å². The summed E-state index contributed by atoms with van der Waals surface area (Å²) < 4.78 is 42.5. The molecule has 0 spiro atoms. The molecule has 1 aromatic carbocycles. The minimum atomic E-state index is -4.52. The van der Waals surface area contributed by atoms with Crippen molar-refractivity contribution in [2.45, 2.75) is 50.4 Å². The van der Waals surface area contributed by atoms with Gasteiger partial charge in [0.05, 0.1) is 11.6 Å². The van der Waals surface area contributed by atoms with Crippen molar-refractivity contribution in [1.82, 2.24) is 9.78 Å². The lowest BCUT2D eigenvalue weighted by Crippen LogP contribution is -2.35. The van der Waals surface area contributed by atoms with Crippen molar-refractivity contribution in [3.8, 4) is 6.07 Å². The summed E-state index contributed by atoms with van der Waals surface area (Å²) in [6.07, 6.45) is -1.08. The summed E-state index contributed by atoms with van der Waals surface area (Å²) in [6.45, 7) is 0. The number of aryl methyl sites for hydroxylation is 1. The van der Waals surface area contributed by atoms with Gasteiger partial charge in [-0.05, 0) is 36.8 Å². The number of benzene rings is 1. The van der Waals surface area contributed by atoms with Crippen molar-refractivity contribution in [3.05, 3.63) is 63.7 Å². The van der Waals surface area contributed by atoms with Crippen molar-refractivity contribution < 1.29 is 18.0 Å². The number of hydrogen-bond acceptors (Lipinski definition) is 5. The van der Waals surface area contributed by atoms with E-state index in [-0.39, 0.29) is 17.9 Å². The summed E-state index contributed by atoms with van der Waals surface area (Å²) >= 11 is 1.36. The number of nitriles is 1. The molecule has 2 aliphatic rings. The molecule has 1 aliphatic heterocycles. The number of thiophene rings is 1. The lowest BCUT2D eigenvalue weighted by molar-refractivity contribution is -0.173. The van der Waals surface area contributed by atoms with Crippen molar-refractivity contribution in [2.75, 3.05) is 10.6 Å². The Kier molecular flexibility index (Phi) is 5.37. The van der Waals surface area contributed by atoms with Crippen LogP contribution >= 0.6 is 11.3 Å². The van der Waals surface area contributed by atoms with Crippen LogP contribution in [0.25, 0.3) is 0 Å². The maximum absolute atomic E-state index is 13.9. The molecule has 6 nitrogen and oxygen atoms in total. The Hall–Kier alpha value is -3.32. The summed E-state index contributed by atoms with van der Waals surface area (Å²) in [6, 6.07) is 9.98. The summed E-state index contributed by atoms with van der Waals surface area (Å²) in [5, 5.41) is 19.8. The third-order valence-electron chi connectivity index (χ3n) is 6.13. The molecule has 0 saturated heterocycles. The molecule has 3 aromatic rings. The number of halogens is 3. The molecule has 0 saturated carbocycles. The second-order valence-electron chi connectivity index (χ2n) is 8.24. The normalized spacial score (nSPS) is 19.7. The number of fused-ring (bicyclic) bond motifs is 2. The Morgan fingerprint density at radius 3 is 2.73 bits per heavy atom. The summed E-state index contributed by atoms with van der Waals surface area (Å²) in [5.74, 6) is -0.500. The highest BCUT2D eigenvalue weighted by Gasteiger charge is 2.46.